The Bertz CT molecular complexity index is 1340. The van der Waals surface area contributed by atoms with Gasteiger partial charge in [0.2, 0.25) is 0 Å². The number of nitrogens with zero attached hydrogens (tertiary/aromatic N) is 2. The molecule has 0 aliphatic heterocycles. The molecule has 0 unspecified atom stereocenters. The number of fused-ring (bicyclic) bond motifs is 1. The van der Waals surface area contributed by atoms with E-state index in [-0.39, 0.29) is 46.0 Å². The average Bonchev–Trinajstić information content (AvgIpc) is 2.58. The predicted molar refractivity (Wildman–Crippen MR) is 99.6 cm³/mol. The number of hydrogen-bond donors (Lipinski definition) is 1. The molecule has 146 valence electrons. The van der Waals surface area contributed by atoms with Crippen molar-refractivity contribution >= 4 is 48.1 Å². The van der Waals surface area contributed by atoms with Gasteiger partial charge in [0.15, 0.2) is 0 Å². The van der Waals surface area contributed by atoms with E-state index in [2.05, 4.69) is 10.2 Å². The Morgan fingerprint density at radius 1 is 0.828 bits per heavy atom. The minimum atomic E-state index is -4.98. The predicted octanol–water partition coefficient (Wildman–Crippen LogP) is -0.0420. The minimum Gasteiger partial charge on any atom is -0.744 e. The summed E-state index contributed by atoms with van der Waals surface area (Å²) in [5.41, 5.74) is 7.21. The second-order valence-corrected chi connectivity index (χ2v) is 8.65. The van der Waals surface area contributed by atoms with Gasteiger partial charge in [-0.2, -0.15) is 10.2 Å². The van der Waals surface area contributed by atoms with Crippen molar-refractivity contribution in [1.29, 1.82) is 0 Å². The van der Waals surface area contributed by atoms with Gasteiger partial charge in [-0.3, -0.25) is 0 Å². The summed E-state index contributed by atoms with van der Waals surface area (Å²) in [6, 6.07) is 10.4. The van der Waals surface area contributed by atoms with Crippen LogP contribution in [-0.4, -0.2) is 25.9 Å². The molecule has 29 heavy (non-hydrogen) atoms. The van der Waals surface area contributed by atoms with Crippen LogP contribution in [0, 0.1) is 6.92 Å². The topological polar surface area (TPSA) is 165 Å². The molecular formula is C17H13N3NaO6S2-. The zero-order valence-corrected chi connectivity index (χ0v) is 19.0. The normalized spacial score (nSPS) is 12.2. The van der Waals surface area contributed by atoms with Crippen LogP contribution in [0.2, 0.25) is 0 Å². The maximum atomic E-state index is 11.7. The van der Waals surface area contributed by atoms with Crippen molar-refractivity contribution in [2.75, 3.05) is 5.73 Å². The van der Waals surface area contributed by atoms with Crippen molar-refractivity contribution in [3.63, 3.8) is 0 Å². The molecule has 3 aromatic rings. The van der Waals surface area contributed by atoms with E-state index in [1.54, 1.807) is 25.1 Å². The second kappa shape index (κ2) is 8.48. The van der Waals surface area contributed by atoms with Crippen LogP contribution in [0.15, 0.2) is 68.6 Å². The second-order valence-electron chi connectivity index (χ2n) is 5.95. The molecule has 9 nitrogen and oxygen atoms in total. The molecule has 3 rings (SSSR count). The Labute approximate surface area is 189 Å². The van der Waals surface area contributed by atoms with Gasteiger partial charge in [0.1, 0.15) is 20.2 Å². The molecule has 0 saturated heterocycles. The third-order valence-electron chi connectivity index (χ3n) is 3.94. The standard InChI is InChI=1S/C17H15N3O6S2.Na/c1-10-7-11(18)5-6-15(10)20-19-12-8-14-13(17(9-12)28(24,25)26)3-2-4-16(14)27(21,22)23;/h2-9H,18H2,1H3,(H,21,22,23)(H,24,25,26);/q;+1/p-2. The summed E-state index contributed by atoms with van der Waals surface area (Å²) >= 11 is 0. The molecule has 0 spiro atoms. The summed E-state index contributed by atoms with van der Waals surface area (Å²) in [6.07, 6.45) is 0. The molecule has 0 atom stereocenters. The third kappa shape index (κ3) is 5.20. The number of hydrogen-bond acceptors (Lipinski definition) is 9. The molecule has 3 aromatic carbocycles. The van der Waals surface area contributed by atoms with E-state index in [4.69, 9.17) is 5.73 Å². The first kappa shape index (κ1) is 23.4. The maximum absolute atomic E-state index is 11.7. The molecule has 0 fully saturated rings. The number of nitrogen functional groups attached to an aromatic ring is 1. The van der Waals surface area contributed by atoms with Crippen molar-refractivity contribution < 1.29 is 55.5 Å². The molecule has 12 heteroatoms. The largest absolute Gasteiger partial charge is 1.00 e. The zero-order chi connectivity index (χ0) is 20.7. The summed E-state index contributed by atoms with van der Waals surface area (Å²) in [6.45, 7) is 1.74. The zero-order valence-electron chi connectivity index (χ0n) is 15.4. The van der Waals surface area contributed by atoms with Gasteiger partial charge in [0.05, 0.1) is 21.2 Å². The van der Waals surface area contributed by atoms with E-state index in [9.17, 15) is 25.9 Å². The van der Waals surface area contributed by atoms with Crippen LogP contribution in [0.1, 0.15) is 5.56 Å². The molecule has 2 N–H and O–H groups in total. The van der Waals surface area contributed by atoms with Gasteiger partial charge in [-0.25, -0.2) is 16.8 Å². The fourth-order valence-electron chi connectivity index (χ4n) is 2.69. The quantitative estimate of drug-likeness (QED) is 0.256. The Morgan fingerprint density at radius 2 is 1.48 bits per heavy atom. The number of rotatable bonds is 4. The van der Waals surface area contributed by atoms with E-state index >= 15 is 0 Å². The fourth-order valence-corrected chi connectivity index (χ4v) is 4.09. The first-order chi connectivity index (χ1) is 13.0. The summed E-state index contributed by atoms with van der Waals surface area (Å²) in [7, 11) is -9.90. The Balaban J connectivity index is 0.00000300. The van der Waals surface area contributed by atoms with Crippen LogP contribution >= 0.6 is 0 Å². The van der Waals surface area contributed by atoms with Crippen molar-refractivity contribution in [3.8, 4) is 0 Å². The maximum Gasteiger partial charge on any atom is 1.00 e. The van der Waals surface area contributed by atoms with Gasteiger partial charge in [-0.1, -0.05) is 12.1 Å². The van der Waals surface area contributed by atoms with Crippen LogP contribution in [0.25, 0.3) is 10.8 Å². The summed E-state index contributed by atoms with van der Waals surface area (Å²) in [5.74, 6) is 0. The van der Waals surface area contributed by atoms with Crippen molar-refractivity contribution in [2.45, 2.75) is 16.7 Å². The first-order valence-electron chi connectivity index (χ1n) is 7.73. The molecule has 0 heterocycles. The molecule has 0 saturated carbocycles. The molecular weight excluding hydrogens is 429 g/mol. The van der Waals surface area contributed by atoms with E-state index in [1.807, 2.05) is 0 Å². The smallest absolute Gasteiger partial charge is 0.744 e. The monoisotopic (exact) mass is 442 g/mol. The molecule has 0 aromatic heterocycles. The minimum absolute atomic E-state index is 0. The molecule has 0 aliphatic rings. The van der Waals surface area contributed by atoms with E-state index in [0.717, 1.165) is 12.1 Å². The Hall–Kier alpha value is -1.86. The number of azo groups is 1. The summed E-state index contributed by atoms with van der Waals surface area (Å²) in [5, 5.41) is 7.47. The van der Waals surface area contributed by atoms with Crippen molar-refractivity contribution in [3.05, 3.63) is 54.1 Å². The molecule has 0 aliphatic carbocycles. The van der Waals surface area contributed by atoms with Crippen LogP contribution in [0.5, 0.6) is 0 Å². The van der Waals surface area contributed by atoms with Gasteiger partial charge in [-0.05, 0) is 48.9 Å². The van der Waals surface area contributed by atoms with Gasteiger partial charge in [0.25, 0.3) is 0 Å². The Morgan fingerprint density at radius 3 is 2.07 bits per heavy atom. The molecule has 0 amide bonds. The van der Waals surface area contributed by atoms with Crippen molar-refractivity contribution in [1.82, 2.24) is 0 Å². The number of anilines is 1. The first-order valence-corrected chi connectivity index (χ1v) is 10.5. The van der Waals surface area contributed by atoms with E-state index in [1.165, 1.54) is 18.2 Å². The van der Waals surface area contributed by atoms with Gasteiger partial charge >= 0.3 is 29.6 Å². The van der Waals surface area contributed by atoms with E-state index in [0.29, 0.717) is 16.9 Å². The van der Waals surface area contributed by atoms with Gasteiger partial charge in [0, 0.05) is 16.5 Å². The number of aryl methyl sites for hydroxylation is 1. The summed E-state index contributed by atoms with van der Waals surface area (Å²) < 4.78 is 69.5. The number of benzene rings is 3. The SMILES string of the molecule is Cc1cc(N)ccc1N=Nc1cc(S(=O)(=O)[O-])c2cccc(S(=O)(=O)[O-])c2c1.[Na+]. The van der Waals surface area contributed by atoms with Crippen LogP contribution in [0.3, 0.4) is 0 Å². The number of nitrogens with two attached hydrogens (primary N) is 1. The van der Waals surface area contributed by atoms with Crippen molar-refractivity contribution in [2.24, 2.45) is 10.2 Å². The molecule has 0 radical (unpaired) electrons. The van der Waals surface area contributed by atoms with E-state index < -0.39 is 30.0 Å². The Kier molecular flexibility index (Phi) is 6.85. The third-order valence-corrected chi connectivity index (χ3v) is 5.71. The van der Waals surface area contributed by atoms with Crippen LogP contribution in [0.4, 0.5) is 17.1 Å². The average molecular weight is 442 g/mol. The van der Waals surface area contributed by atoms with Gasteiger partial charge in [-0.15, -0.1) is 0 Å². The van der Waals surface area contributed by atoms with Crippen LogP contribution < -0.4 is 35.3 Å². The summed E-state index contributed by atoms with van der Waals surface area (Å²) in [4.78, 5) is -1.35. The van der Waals surface area contributed by atoms with Crippen LogP contribution in [-0.2, 0) is 20.2 Å². The fraction of sp³-hybridized carbons (Fsp3) is 0.0588. The molecule has 0 bridgehead atoms. The van der Waals surface area contributed by atoms with Gasteiger partial charge < -0.3 is 14.8 Å².